The van der Waals surface area contributed by atoms with E-state index in [-0.39, 0.29) is 17.4 Å². The minimum Gasteiger partial charge on any atom is -0.340 e. The number of nitrogens with one attached hydrogen (secondary N) is 2. The maximum Gasteiger partial charge on any atom is 0.254 e. The third kappa shape index (κ3) is 4.55. The number of rotatable bonds is 5. The molecular weight excluding hydrogens is 331 g/mol. The van der Waals surface area contributed by atoms with E-state index in [1.165, 1.54) is 18.2 Å². The van der Waals surface area contributed by atoms with E-state index in [0.29, 0.717) is 10.7 Å². The Hall–Kier alpha value is -2.40. The van der Waals surface area contributed by atoms with E-state index in [2.05, 4.69) is 10.6 Å². The largest absolute Gasteiger partial charge is 0.340 e. The summed E-state index contributed by atoms with van der Waals surface area (Å²) in [6, 6.07) is 11.5. The van der Waals surface area contributed by atoms with Crippen LogP contribution in [-0.4, -0.2) is 17.9 Å². The Morgan fingerprint density at radius 3 is 2.25 bits per heavy atom. The van der Waals surface area contributed by atoms with E-state index >= 15 is 0 Å². The summed E-state index contributed by atoms with van der Waals surface area (Å²) >= 11 is 5.81. The molecule has 0 unspecified atom stereocenters. The standard InChI is InChI=1S/C18H18ClFN2O2/c1-11(2)16(18(24)21-13-9-7-12(19)8-10-13)22-17(23)14-5-3-4-6-15(14)20/h3-11,16H,1-2H3,(H,21,24)(H,22,23)/t16-/m0/s1. The van der Waals surface area contributed by atoms with Gasteiger partial charge in [-0.15, -0.1) is 0 Å². The van der Waals surface area contributed by atoms with Gasteiger partial charge in [0.05, 0.1) is 5.56 Å². The summed E-state index contributed by atoms with van der Waals surface area (Å²) in [5, 5.41) is 5.86. The highest BCUT2D eigenvalue weighted by atomic mass is 35.5. The van der Waals surface area contributed by atoms with Crippen LogP contribution in [0.4, 0.5) is 10.1 Å². The Kier molecular flexibility index (Phi) is 5.93. The molecule has 0 heterocycles. The molecule has 0 aliphatic rings. The van der Waals surface area contributed by atoms with Crippen LogP contribution in [0.3, 0.4) is 0 Å². The lowest BCUT2D eigenvalue weighted by Crippen LogP contribution is -2.47. The second-order valence-corrected chi connectivity index (χ2v) is 6.11. The molecule has 2 amide bonds. The first-order chi connectivity index (χ1) is 11.4. The van der Waals surface area contributed by atoms with E-state index in [4.69, 9.17) is 11.6 Å². The summed E-state index contributed by atoms with van der Waals surface area (Å²) in [6.07, 6.45) is 0. The molecular formula is C18H18ClFN2O2. The Balaban J connectivity index is 2.11. The van der Waals surface area contributed by atoms with Gasteiger partial charge in [0.15, 0.2) is 0 Å². The van der Waals surface area contributed by atoms with Gasteiger partial charge in [0.1, 0.15) is 11.9 Å². The van der Waals surface area contributed by atoms with E-state index in [9.17, 15) is 14.0 Å². The summed E-state index contributed by atoms with van der Waals surface area (Å²) in [5.41, 5.74) is 0.470. The lowest BCUT2D eigenvalue weighted by atomic mass is 10.0. The lowest BCUT2D eigenvalue weighted by molar-refractivity contribution is -0.118. The zero-order valence-corrected chi connectivity index (χ0v) is 14.1. The monoisotopic (exact) mass is 348 g/mol. The number of hydrogen-bond acceptors (Lipinski definition) is 2. The number of carbonyl (C=O) groups excluding carboxylic acids is 2. The van der Waals surface area contributed by atoms with Crippen LogP contribution >= 0.6 is 11.6 Å². The first-order valence-electron chi connectivity index (χ1n) is 7.50. The van der Waals surface area contributed by atoms with Crippen LogP contribution in [0, 0.1) is 11.7 Å². The lowest BCUT2D eigenvalue weighted by Gasteiger charge is -2.22. The van der Waals surface area contributed by atoms with Gasteiger partial charge in [-0.25, -0.2) is 4.39 Å². The topological polar surface area (TPSA) is 58.2 Å². The van der Waals surface area contributed by atoms with Gasteiger partial charge in [-0.05, 0) is 42.3 Å². The highest BCUT2D eigenvalue weighted by Gasteiger charge is 2.25. The molecule has 2 N–H and O–H groups in total. The van der Waals surface area contributed by atoms with Gasteiger partial charge in [-0.3, -0.25) is 9.59 Å². The highest BCUT2D eigenvalue weighted by Crippen LogP contribution is 2.15. The van der Waals surface area contributed by atoms with Crippen LogP contribution in [0.1, 0.15) is 24.2 Å². The van der Waals surface area contributed by atoms with Crippen molar-refractivity contribution in [2.75, 3.05) is 5.32 Å². The van der Waals surface area contributed by atoms with Gasteiger partial charge in [-0.1, -0.05) is 37.6 Å². The first kappa shape index (κ1) is 17.9. The van der Waals surface area contributed by atoms with Crippen molar-refractivity contribution in [2.45, 2.75) is 19.9 Å². The van der Waals surface area contributed by atoms with E-state index < -0.39 is 17.8 Å². The summed E-state index contributed by atoms with van der Waals surface area (Å²) in [4.78, 5) is 24.7. The van der Waals surface area contributed by atoms with E-state index in [1.807, 2.05) is 0 Å². The number of halogens is 2. The quantitative estimate of drug-likeness (QED) is 0.861. The van der Waals surface area contributed by atoms with Crippen LogP contribution in [0.25, 0.3) is 0 Å². The fraction of sp³-hybridized carbons (Fsp3) is 0.222. The zero-order chi connectivity index (χ0) is 17.7. The van der Waals surface area contributed by atoms with E-state index in [0.717, 1.165) is 0 Å². The van der Waals surface area contributed by atoms with Crippen molar-refractivity contribution in [1.82, 2.24) is 5.32 Å². The number of carbonyl (C=O) groups is 2. The second kappa shape index (κ2) is 7.93. The summed E-state index contributed by atoms with van der Waals surface area (Å²) in [6.45, 7) is 3.60. The Morgan fingerprint density at radius 2 is 1.67 bits per heavy atom. The van der Waals surface area contributed by atoms with Crippen LogP contribution in [0.2, 0.25) is 5.02 Å². The first-order valence-corrected chi connectivity index (χ1v) is 7.88. The molecule has 1 atom stereocenters. The molecule has 6 heteroatoms. The third-order valence-electron chi connectivity index (χ3n) is 3.47. The fourth-order valence-corrected chi connectivity index (χ4v) is 2.28. The van der Waals surface area contributed by atoms with Gasteiger partial charge in [0, 0.05) is 10.7 Å². The molecule has 2 aromatic rings. The molecule has 0 bridgehead atoms. The van der Waals surface area contributed by atoms with Gasteiger partial charge < -0.3 is 10.6 Å². The molecule has 4 nitrogen and oxygen atoms in total. The van der Waals surface area contributed by atoms with Crippen LogP contribution in [0.5, 0.6) is 0 Å². The maximum atomic E-state index is 13.7. The molecule has 2 aromatic carbocycles. The van der Waals surface area contributed by atoms with Gasteiger partial charge in [0.2, 0.25) is 5.91 Å². The van der Waals surface area contributed by atoms with Crippen molar-refractivity contribution in [3.8, 4) is 0 Å². The molecule has 0 saturated heterocycles. The average molecular weight is 349 g/mol. The van der Waals surface area contributed by atoms with Crippen molar-refractivity contribution in [2.24, 2.45) is 5.92 Å². The minimum absolute atomic E-state index is 0.0950. The Labute approximate surface area is 145 Å². The number of anilines is 1. The van der Waals surface area contributed by atoms with Crippen molar-refractivity contribution < 1.29 is 14.0 Å². The van der Waals surface area contributed by atoms with E-state index in [1.54, 1.807) is 44.2 Å². The molecule has 0 aliphatic heterocycles. The SMILES string of the molecule is CC(C)[C@H](NC(=O)c1ccccc1F)C(=O)Nc1ccc(Cl)cc1. The Bertz CT molecular complexity index is 732. The molecule has 0 saturated carbocycles. The average Bonchev–Trinajstić information content (AvgIpc) is 2.54. The molecule has 0 fully saturated rings. The number of benzene rings is 2. The third-order valence-corrected chi connectivity index (χ3v) is 3.72. The molecule has 0 aliphatic carbocycles. The normalized spacial score (nSPS) is 11.9. The van der Waals surface area contributed by atoms with Crippen LogP contribution in [0.15, 0.2) is 48.5 Å². The summed E-state index contributed by atoms with van der Waals surface area (Å²) in [5.74, 6) is -1.81. The maximum absolute atomic E-state index is 13.7. The molecule has 0 spiro atoms. The molecule has 2 rings (SSSR count). The van der Waals surface area contributed by atoms with Crippen molar-refractivity contribution in [1.29, 1.82) is 0 Å². The van der Waals surface area contributed by atoms with Crippen molar-refractivity contribution >= 4 is 29.1 Å². The molecule has 0 aromatic heterocycles. The summed E-state index contributed by atoms with van der Waals surface area (Å²) in [7, 11) is 0. The van der Waals surface area contributed by atoms with Gasteiger partial charge in [0.25, 0.3) is 5.91 Å². The van der Waals surface area contributed by atoms with Gasteiger partial charge in [-0.2, -0.15) is 0 Å². The smallest absolute Gasteiger partial charge is 0.254 e. The molecule has 24 heavy (non-hydrogen) atoms. The van der Waals surface area contributed by atoms with Crippen LogP contribution in [-0.2, 0) is 4.79 Å². The predicted molar refractivity (Wildman–Crippen MR) is 92.6 cm³/mol. The zero-order valence-electron chi connectivity index (χ0n) is 13.3. The van der Waals surface area contributed by atoms with Crippen LogP contribution < -0.4 is 10.6 Å². The number of hydrogen-bond donors (Lipinski definition) is 2. The Morgan fingerprint density at radius 1 is 1.04 bits per heavy atom. The van der Waals surface area contributed by atoms with Crippen molar-refractivity contribution in [3.05, 3.63) is 64.9 Å². The predicted octanol–water partition coefficient (Wildman–Crippen LogP) is 3.87. The molecule has 126 valence electrons. The number of amides is 2. The highest BCUT2D eigenvalue weighted by molar-refractivity contribution is 6.30. The minimum atomic E-state index is -0.798. The summed E-state index contributed by atoms with van der Waals surface area (Å²) < 4.78 is 13.7. The second-order valence-electron chi connectivity index (χ2n) is 5.67. The molecule has 0 radical (unpaired) electrons. The van der Waals surface area contributed by atoms with Crippen molar-refractivity contribution in [3.63, 3.8) is 0 Å². The van der Waals surface area contributed by atoms with Gasteiger partial charge >= 0.3 is 0 Å². The fourth-order valence-electron chi connectivity index (χ4n) is 2.15.